The molecule has 1 aromatic heterocycles. The summed E-state index contributed by atoms with van der Waals surface area (Å²) in [7, 11) is 0. The molecule has 2 amide bonds. The van der Waals surface area contributed by atoms with E-state index in [1.54, 1.807) is 0 Å². The lowest BCUT2D eigenvalue weighted by Gasteiger charge is -2.21. The van der Waals surface area contributed by atoms with Crippen LogP contribution in [0.2, 0.25) is 0 Å². The zero-order valence-corrected chi connectivity index (χ0v) is 14.7. The molecule has 1 unspecified atom stereocenters. The Morgan fingerprint density at radius 3 is 2.46 bits per heavy atom. The van der Waals surface area contributed by atoms with E-state index < -0.39 is 17.9 Å². The molecule has 8 nitrogen and oxygen atoms in total. The number of amides is 2. The van der Waals surface area contributed by atoms with Crippen LogP contribution in [0.5, 0.6) is 0 Å². The van der Waals surface area contributed by atoms with Gasteiger partial charge in [0.1, 0.15) is 12.6 Å². The van der Waals surface area contributed by atoms with Gasteiger partial charge in [0.15, 0.2) is 5.82 Å². The van der Waals surface area contributed by atoms with Gasteiger partial charge in [0.2, 0.25) is 11.8 Å². The third kappa shape index (κ3) is 5.73. The highest BCUT2D eigenvalue weighted by Gasteiger charge is 2.24. The van der Waals surface area contributed by atoms with Gasteiger partial charge in [0.05, 0.1) is 6.42 Å². The van der Waals surface area contributed by atoms with Crippen LogP contribution in [0.3, 0.4) is 0 Å². The number of carbonyl (C=O) groups is 3. The molecule has 0 saturated carbocycles. The summed E-state index contributed by atoms with van der Waals surface area (Å²) in [5.41, 5.74) is 0.861. The molecule has 2 rings (SSSR count). The maximum Gasteiger partial charge on any atom is 0.325 e. The van der Waals surface area contributed by atoms with Gasteiger partial charge in [0.25, 0.3) is 0 Å². The minimum Gasteiger partial charge on any atom is -0.480 e. The Balaban J connectivity index is 1.97. The van der Waals surface area contributed by atoms with Gasteiger partial charge in [-0.1, -0.05) is 44.2 Å². The lowest BCUT2D eigenvalue weighted by Crippen LogP contribution is -2.47. The Morgan fingerprint density at radius 2 is 1.85 bits per heavy atom. The van der Waals surface area contributed by atoms with Gasteiger partial charge in [-0.2, -0.15) is 5.10 Å². The number of nitrogens with one attached hydrogen (secondary N) is 2. The first kappa shape index (κ1) is 19.2. The van der Waals surface area contributed by atoms with Crippen molar-refractivity contribution in [3.63, 3.8) is 0 Å². The molecule has 0 bridgehead atoms. The number of anilines is 1. The second-order valence-corrected chi connectivity index (χ2v) is 6.23. The number of hydrogen-bond donors (Lipinski definition) is 3. The van der Waals surface area contributed by atoms with Gasteiger partial charge < -0.3 is 15.7 Å². The maximum absolute atomic E-state index is 12.5. The molecular formula is C18H22N4O4. The number of benzene rings is 1. The van der Waals surface area contributed by atoms with Crippen molar-refractivity contribution in [3.05, 3.63) is 48.2 Å². The van der Waals surface area contributed by atoms with E-state index in [4.69, 9.17) is 5.11 Å². The Bertz CT molecular complexity index is 771. The lowest BCUT2D eigenvalue weighted by molar-refractivity contribution is -0.137. The first-order chi connectivity index (χ1) is 12.3. The molecule has 0 radical (unpaired) electrons. The second-order valence-electron chi connectivity index (χ2n) is 6.23. The molecule has 26 heavy (non-hydrogen) atoms. The Morgan fingerprint density at radius 1 is 1.15 bits per heavy atom. The molecule has 0 aliphatic heterocycles. The summed E-state index contributed by atoms with van der Waals surface area (Å²) >= 11 is 0. The highest BCUT2D eigenvalue weighted by atomic mass is 16.4. The van der Waals surface area contributed by atoms with Gasteiger partial charge in [-0.15, -0.1) is 0 Å². The number of nitrogens with zero attached hydrogens (tertiary/aromatic N) is 2. The average molecular weight is 358 g/mol. The molecule has 0 saturated heterocycles. The van der Waals surface area contributed by atoms with E-state index in [1.165, 1.54) is 16.9 Å². The number of carboxylic acid groups (broad SMARTS) is 1. The molecule has 1 aromatic carbocycles. The van der Waals surface area contributed by atoms with Gasteiger partial charge in [-0.3, -0.25) is 19.1 Å². The Kier molecular flexibility index (Phi) is 6.48. The fourth-order valence-corrected chi connectivity index (χ4v) is 2.40. The third-order valence-corrected chi connectivity index (χ3v) is 3.66. The second kappa shape index (κ2) is 8.80. The fraction of sp³-hybridized carbons (Fsp3) is 0.333. The number of aromatic nitrogens is 2. The van der Waals surface area contributed by atoms with E-state index in [0.717, 1.165) is 5.56 Å². The van der Waals surface area contributed by atoms with E-state index in [1.807, 2.05) is 44.2 Å². The first-order valence-electron chi connectivity index (χ1n) is 8.24. The van der Waals surface area contributed by atoms with Crippen LogP contribution in [0.25, 0.3) is 0 Å². The van der Waals surface area contributed by atoms with Crippen molar-refractivity contribution in [2.75, 3.05) is 5.32 Å². The van der Waals surface area contributed by atoms with E-state index >= 15 is 0 Å². The van der Waals surface area contributed by atoms with Gasteiger partial charge in [0, 0.05) is 12.3 Å². The molecule has 0 spiro atoms. The molecule has 2 aromatic rings. The quantitative estimate of drug-likeness (QED) is 0.658. The van der Waals surface area contributed by atoms with Crippen LogP contribution in [0, 0.1) is 5.92 Å². The number of hydrogen-bond acceptors (Lipinski definition) is 4. The Labute approximate surface area is 151 Å². The van der Waals surface area contributed by atoms with E-state index in [-0.39, 0.29) is 30.6 Å². The largest absolute Gasteiger partial charge is 0.480 e. The van der Waals surface area contributed by atoms with E-state index in [9.17, 15) is 14.4 Å². The number of rotatable bonds is 8. The minimum absolute atomic E-state index is 0.129. The van der Waals surface area contributed by atoms with Crippen LogP contribution in [0.4, 0.5) is 5.82 Å². The molecule has 8 heteroatoms. The fourth-order valence-electron chi connectivity index (χ4n) is 2.40. The highest BCUT2D eigenvalue weighted by molar-refractivity contribution is 5.96. The first-order valence-corrected chi connectivity index (χ1v) is 8.24. The van der Waals surface area contributed by atoms with Crippen molar-refractivity contribution < 1.29 is 19.5 Å². The average Bonchev–Trinajstić information content (AvgIpc) is 2.99. The summed E-state index contributed by atoms with van der Waals surface area (Å²) in [4.78, 5) is 35.4. The van der Waals surface area contributed by atoms with Gasteiger partial charge >= 0.3 is 5.97 Å². The van der Waals surface area contributed by atoms with Crippen LogP contribution >= 0.6 is 0 Å². The van der Waals surface area contributed by atoms with Crippen LogP contribution in [0.15, 0.2) is 42.6 Å². The van der Waals surface area contributed by atoms with Crippen molar-refractivity contribution in [2.24, 2.45) is 5.92 Å². The van der Waals surface area contributed by atoms with Crippen LogP contribution in [-0.2, 0) is 27.3 Å². The van der Waals surface area contributed by atoms with Crippen molar-refractivity contribution >= 4 is 23.6 Å². The summed E-state index contributed by atoms with van der Waals surface area (Å²) in [6.45, 7) is 3.36. The smallest absolute Gasteiger partial charge is 0.325 e. The van der Waals surface area contributed by atoms with Crippen molar-refractivity contribution in [1.29, 1.82) is 0 Å². The maximum atomic E-state index is 12.5. The molecule has 138 valence electrons. The van der Waals surface area contributed by atoms with Crippen molar-refractivity contribution in [1.82, 2.24) is 15.1 Å². The van der Waals surface area contributed by atoms with Crippen LogP contribution in [0.1, 0.15) is 19.4 Å². The predicted molar refractivity (Wildman–Crippen MR) is 95.4 cm³/mol. The zero-order chi connectivity index (χ0) is 19.1. The molecular weight excluding hydrogens is 336 g/mol. The van der Waals surface area contributed by atoms with Crippen LogP contribution in [-0.4, -0.2) is 38.7 Å². The molecule has 3 N–H and O–H groups in total. The van der Waals surface area contributed by atoms with E-state index in [0.29, 0.717) is 0 Å². The summed E-state index contributed by atoms with van der Waals surface area (Å²) < 4.78 is 1.20. The normalized spacial score (nSPS) is 11.8. The molecule has 0 aliphatic rings. The van der Waals surface area contributed by atoms with Gasteiger partial charge in [-0.05, 0) is 11.5 Å². The highest BCUT2D eigenvalue weighted by Crippen LogP contribution is 2.09. The number of carbonyl (C=O) groups excluding carboxylic acids is 2. The van der Waals surface area contributed by atoms with Crippen molar-refractivity contribution in [3.8, 4) is 0 Å². The van der Waals surface area contributed by atoms with E-state index in [2.05, 4.69) is 15.7 Å². The minimum atomic E-state index is -1.03. The monoisotopic (exact) mass is 358 g/mol. The summed E-state index contributed by atoms with van der Waals surface area (Å²) in [6, 6.07) is 10.0. The summed E-state index contributed by atoms with van der Waals surface area (Å²) in [5.74, 6) is -1.57. The molecule has 0 fully saturated rings. The summed E-state index contributed by atoms with van der Waals surface area (Å²) in [5, 5.41) is 18.1. The van der Waals surface area contributed by atoms with Crippen LogP contribution < -0.4 is 10.6 Å². The third-order valence-electron chi connectivity index (χ3n) is 3.66. The SMILES string of the molecule is CC(C)C(NC(=O)Cc1ccccc1)C(=O)Nc1ccn(CC(=O)O)n1. The number of carboxylic acids is 1. The lowest BCUT2D eigenvalue weighted by atomic mass is 10.0. The van der Waals surface area contributed by atoms with Crippen molar-refractivity contribution in [2.45, 2.75) is 32.9 Å². The molecule has 1 heterocycles. The standard InChI is InChI=1S/C18H22N4O4/c1-12(2)17(20-15(23)10-13-6-4-3-5-7-13)18(26)19-14-8-9-22(21-14)11-16(24)25/h3-9,12,17H,10-11H2,1-2H3,(H,20,23)(H,24,25)(H,19,21,26). The molecule has 1 atom stereocenters. The zero-order valence-electron chi connectivity index (χ0n) is 14.7. The summed E-state index contributed by atoms with van der Waals surface area (Å²) in [6.07, 6.45) is 1.65. The molecule has 0 aliphatic carbocycles. The predicted octanol–water partition coefficient (Wildman–Crippen LogP) is 1.29. The topological polar surface area (TPSA) is 113 Å². The van der Waals surface area contributed by atoms with Gasteiger partial charge in [-0.25, -0.2) is 0 Å². The number of aliphatic carboxylic acids is 1. The Hall–Kier alpha value is -3.16.